The molecule has 0 aliphatic carbocycles. The van der Waals surface area contributed by atoms with Gasteiger partial charge in [0, 0.05) is 22.7 Å². The molecule has 4 nitrogen and oxygen atoms in total. The Kier molecular flexibility index (Phi) is 4.15. The molecular weight excluding hydrogens is 335 g/mol. The average molecular weight is 349 g/mol. The van der Waals surface area contributed by atoms with E-state index in [1.165, 1.54) is 12.1 Å². The summed E-state index contributed by atoms with van der Waals surface area (Å²) in [5, 5.41) is 17.1. The highest BCUT2D eigenvalue weighted by Gasteiger charge is 2.45. The first kappa shape index (κ1) is 16.0. The standard InChI is InChI=1S/C17H14Cl2N2O2/c1-11-10-17(23,12-5-3-2-4-6-12)21(20-11)16(22)14-8-7-13(18)9-15(14)19/h2-9,23H,10H2,1H3/t17-/m0/s1. The van der Waals surface area contributed by atoms with Gasteiger partial charge in [-0.25, -0.2) is 0 Å². The number of aliphatic hydroxyl groups is 1. The lowest BCUT2D eigenvalue weighted by Gasteiger charge is -2.31. The zero-order valence-corrected chi connectivity index (χ0v) is 13.8. The highest BCUT2D eigenvalue weighted by molar-refractivity contribution is 6.36. The van der Waals surface area contributed by atoms with Crippen LogP contribution in [-0.4, -0.2) is 21.7 Å². The Bertz CT molecular complexity index is 792. The van der Waals surface area contributed by atoms with Crippen LogP contribution in [0.15, 0.2) is 53.6 Å². The third-order valence-electron chi connectivity index (χ3n) is 3.71. The fourth-order valence-corrected chi connectivity index (χ4v) is 3.13. The summed E-state index contributed by atoms with van der Waals surface area (Å²) in [6, 6.07) is 13.6. The average Bonchev–Trinajstić information content (AvgIpc) is 2.84. The van der Waals surface area contributed by atoms with Crippen LogP contribution in [0.1, 0.15) is 29.3 Å². The van der Waals surface area contributed by atoms with Crippen molar-refractivity contribution in [2.24, 2.45) is 5.10 Å². The smallest absolute Gasteiger partial charge is 0.278 e. The minimum absolute atomic E-state index is 0.220. The molecular formula is C17H14Cl2N2O2. The first-order chi connectivity index (χ1) is 10.9. The minimum atomic E-state index is -1.52. The molecule has 1 aliphatic rings. The molecule has 23 heavy (non-hydrogen) atoms. The quantitative estimate of drug-likeness (QED) is 0.889. The monoisotopic (exact) mass is 348 g/mol. The zero-order valence-electron chi connectivity index (χ0n) is 12.3. The molecule has 2 aromatic rings. The summed E-state index contributed by atoms with van der Waals surface area (Å²) < 4.78 is 0. The van der Waals surface area contributed by atoms with Gasteiger partial charge in [0.25, 0.3) is 5.91 Å². The Labute approximate surface area is 143 Å². The normalized spacial score (nSPS) is 20.5. The fraction of sp³-hybridized carbons (Fsp3) is 0.176. The number of amides is 1. The number of rotatable bonds is 2. The molecule has 0 saturated heterocycles. The Hall–Kier alpha value is -1.88. The van der Waals surface area contributed by atoms with Crippen molar-refractivity contribution in [3.63, 3.8) is 0 Å². The number of nitrogens with zero attached hydrogens (tertiary/aromatic N) is 2. The van der Waals surface area contributed by atoms with E-state index in [1.54, 1.807) is 37.3 Å². The molecule has 0 saturated carbocycles. The minimum Gasteiger partial charge on any atom is -0.365 e. The lowest BCUT2D eigenvalue weighted by molar-refractivity contribution is -0.0765. The fourth-order valence-electron chi connectivity index (χ4n) is 2.64. The topological polar surface area (TPSA) is 52.9 Å². The highest BCUT2D eigenvalue weighted by atomic mass is 35.5. The SMILES string of the molecule is CC1=NN(C(=O)c2ccc(Cl)cc2Cl)[C@@](O)(c2ccccc2)C1. The zero-order chi connectivity index (χ0) is 16.6. The van der Waals surface area contributed by atoms with E-state index in [0.717, 1.165) is 5.01 Å². The molecule has 3 rings (SSSR count). The third kappa shape index (κ3) is 2.85. The van der Waals surface area contributed by atoms with E-state index >= 15 is 0 Å². The number of carbonyl (C=O) groups is 1. The molecule has 2 aromatic carbocycles. The molecule has 1 aliphatic heterocycles. The summed E-state index contributed by atoms with van der Waals surface area (Å²) in [4.78, 5) is 12.8. The van der Waals surface area contributed by atoms with Gasteiger partial charge in [-0.1, -0.05) is 53.5 Å². The Morgan fingerprint density at radius 1 is 1.22 bits per heavy atom. The summed E-state index contributed by atoms with van der Waals surface area (Å²) in [6.45, 7) is 1.77. The Balaban J connectivity index is 2.04. The van der Waals surface area contributed by atoms with Crippen LogP contribution in [0.4, 0.5) is 0 Å². The molecule has 0 fully saturated rings. The second kappa shape index (κ2) is 5.96. The van der Waals surface area contributed by atoms with Crippen LogP contribution in [0.5, 0.6) is 0 Å². The van der Waals surface area contributed by atoms with Crippen molar-refractivity contribution < 1.29 is 9.90 Å². The second-order valence-electron chi connectivity index (χ2n) is 5.44. The van der Waals surface area contributed by atoms with Gasteiger partial charge in [0.2, 0.25) is 0 Å². The molecule has 1 amide bonds. The molecule has 0 unspecified atom stereocenters. The maximum absolute atomic E-state index is 12.8. The van der Waals surface area contributed by atoms with Gasteiger partial charge in [0.15, 0.2) is 5.72 Å². The highest BCUT2D eigenvalue weighted by Crippen LogP contribution is 2.37. The Morgan fingerprint density at radius 2 is 1.91 bits per heavy atom. The van der Waals surface area contributed by atoms with Crippen molar-refractivity contribution in [1.82, 2.24) is 5.01 Å². The van der Waals surface area contributed by atoms with E-state index in [0.29, 0.717) is 16.3 Å². The number of benzene rings is 2. The second-order valence-corrected chi connectivity index (χ2v) is 6.28. The van der Waals surface area contributed by atoms with Gasteiger partial charge < -0.3 is 5.11 Å². The van der Waals surface area contributed by atoms with Crippen molar-refractivity contribution in [3.05, 3.63) is 69.7 Å². The van der Waals surface area contributed by atoms with Crippen molar-refractivity contribution in [1.29, 1.82) is 0 Å². The first-order valence-corrected chi connectivity index (χ1v) is 7.79. The van der Waals surface area contributed by atoms with E-state index in [-0.39, 0.29) is 17.0 Å². The van der Waals surface area contributed by atoms with Gasteiger partial charge in [0.05, 0.1) is 10.6 Å². The maximum atomic E-state index is 12.8. The van der Waals surface area contributed by atoms with Crippen LogP contribution in [0, 0.1) is 0 Å². The van der Waals surface area contributed by atoms with Gasteiger partial charge >= 0.3 is 0 Å². The lowest BCUT2D eigenvalue weighted by atomic mass is 9.97. The molecule has 6 heteroatoms. The van der Waals surface area contributed by atoms with E-state index in [9.17, 15) is 9.90 Å². The van der Waals surface area contributed by atoms with E-state index in [2.05, 4.69) is 5.10 Å². The molecule has 0 spiro atoms. The maximum Gasteiger partial charge on any atom is 0.278 e. The molecule has 118 valence electrons. The largest absolute Gasteiger partial charge is 0.365 e. The Morgan fingerprint density at radius 3 is 2.57 bits per heavy atom. The van der Waals surface area contributed by atoms with Crippen molar-refractivity contribution in [2.45, 2.75) is 19.1 Å². The number of carbonyl (C=O) groups excluding carboxylic acids is 1. The first-order valence-electron chi connectivity index (χ1n) is 7.03. The number of hydrogen-bond donors (Lipinski definition) is 1. The van der Waals surface area contributed by atoms with Crippen LogP contribution in [0.25, 0.3) is 0 Å². The predicted molar refractivity (Wildman–Crippen MR) is 90.7 cm³/mol. The van der Waals surface area contributed by atoms with Gasteiger partial charge in [-0.2, -0.15) is 10.1 Å². The predicted octanol–water partition coefficient (Wildman–Crippen LogP) is 4.06. The number of halogens is 2. The van der Waals surface area contributed by atoms with Crippen molar-refractivity contribution in [2.75, 3.05) is 0 Å². The van der Waals surface area contributed by atoms with Gasteiger partial charge in [-0.05, 0) is 25.1 Å². The summed E-state index contributed by atoms with van der Waals surface area (Å²) >= 11 is 12.0. The van der Waals surface area contributed by atoms with Gasteiger partial charge in [0.1, 0.15) is 0 Å². The molecule has 0 radical (unpaired) electrons. The van der Waals surface area contributed by atoms with Crippen LogP contribution < -0.4 is 0 Å². The van der Waals surface area contributed by atoms with Gasteiger partial charge in [-0.3, -0.25) is 4.79 Å². The van der Waals surface area contributed by atoms with Crippen LogP contribution in [0.2, 0.25) is 10.0 Å². The van der Waals surface area contributed by atoms with Crippen molar-refractivity contribution >= 4 is 34.8 Å². The summed E-state index contributed by atoms with van der Waals surface area (Å²) in [6.07, 6.45) is 0.244. The lowest BCUT2D eigenvalue weighted by Crippen LogP contribution is -2.43. The molecule has 1 N–H and O–H groups in total. The van der Waals surface area contributed by atoms with Crippen LogP contribution in [0.3, 0.4) is 0 Å². The van der Waals surface area contributed by atoms with E-state index in [4.69, 9.17) is 23.2 Å². The van der Waals surface area contributed by atoms with E-state index in [1.807, 2.05) is 6.07 Å². The van der Waals surface area contributed by atoms with Crippen molar-refractivity contribution in [3.8, 4) is 0 Å². The summed E-state index contributed by atoms with van der Waals surface area (Å²) in [5.41, 5.74) is -0.0246. The van der Waals surface area contributed by atoms with Gasteiger partial charge in [-0.15, -0.1) is 0 Å². The molecule has 0 aromatic heterocycles. The molecule has 1 heterocycles. The third-order valence-corrected chi connectivity index (χ3v) is 4.26. The number of hydrazone groups is 1. The van der Waals surface area contributed by atoms with Crippen LogP contribution >= 0.6 is 23.2 Å². The summed E-state index contributed by atoms with van der Waals surface area (Å²) in [5.74, 6) is -0.477. The summed E-state index contributed by atoms with van der Waals surface area (Å²) in [7, 11) is 0. The number of hydrogen-bond acceptors (Lipinski definition) is 3. The van der Waals surface area contributed by atoms with Crippen LogP contribution in [-0.2, 0) is 5.72 Å². The van der Waals surface area contributed by atoms with E-state index < -0.39 is 11.6 Å². The molecule has 1 atom stereocenters. The molecule has 0 bridgehead atoms.